The normalized spacial score (nSPS) is 11.3. The first kappa shape index (κ1) is 14.1. The Hall–Kier alpha value is -2.48. The van der Waals surface area contributed by atoms with Crippen LogP contribution in [-0.4, -0.2) is 24.8 Å². The highest BCUT2D eigenvalue weighted by molar-refractivity contribution is 9.10. The van der Waals surface area contributed by atoms with Gasteiger partial charge in [-0.1, -0.05) is 18.2 Å². The zero-order valence-corrected chi connectivity index (χ0v) is 14.1. The molecule has 23 heavy (non-hydrogen) atoms. The number of ether oxygens (including phenoxy) is 1. The van der Waals surface area contributed by atoms with Gasteiger partial charge in [0.1, 0.15) is 17.0 Å². The van der Waals surface area contributed by atoms with Crippen LogP contribution in [0.4, 0.5) is 0 Å². The van der Waals surface area contributed by atoms with Gasteiger partial charge in [-0.2, -0.15) is 9.36 Å². The van der Waals surface area contributed by atoms with Gasteiger partial charge in [0.05, 0.1) is 7.06 Å². The lowest BCUT2D eigenvalue weighted by atomic mass is 10.2. The van der Waals surface area contributed by atoms with E-state index in [0.717, 1.165) is 10.2 Å². The molecule has 3 rings (SSSR count). The van der Waals surface area contributed by atoms with Gasteiger partial charge in [-0.05, 0) is 51.0 Å². The molecule has 118 valence electrons. The molecular weight excluding hydrogens is 362 g/mol. The number of hydrogen-bond donors (Lipinski definition) is 0. The fourth-order valence-corrected chi connectivity index (χ4v) is 2.50. The lowest BCUT2D eigenvalue weighted by Crippen LogP contribution is -2.23. The number of hydrogen-bond acceptors (Lipinski definition) is 5. The van der Waals surface area contributed by atoms with Crippen molar-refractivity contribution >= 4 is 15.9 Å². The third kappa shape index (κ3) is 3.02. The molecule has 0 saturated carbocycles. The second kappa shape index (κ2) is 6.33. The maximum atomic E-state index is 12.1. The highest BCUT2D eigenvalue weighted by Crippen LogP contribution is 2.24. The van der Waals surface area contributed by atoms with Gasteiger partial charge in [-0.3, -0.25) is 0 Å². The highest BCUT2D eigenvalue weighted by Gasteiger charge is 2.15. The van der Waals surface area contributed by atoms with Crippen molar-refractivity contribution in [1.29, 1.82) is 0 Å². The Bertz CT molecular complexity index is 953. The van der Waals surface area contributed by atoms with Crippen molar-refractivity contribution in [1.82, 2.24) is 24.8 Å². The van der Waals surface area contributed by atoms with E-state index in [1.54, 1.807) is 30.5 Å². The van der Waals surface area contributed by atoms with Crippen LogP contribution in [0.15, 0.2) is 45.9 Å². The molecule has 0 aliphatic rings. The molecule has 0 aliphatic heterocycles. The summed E-state index contributed by atoms with van der Waals surface area (Å²) in [6.07, 6.45) is 1.57. The average Bonchev–Trinajstić information content (AvgIpc) is 2.87. The molecule has 0 amide bonds. The molecular formula is C15H14BrN5O2. The number of halogens is 1. The summed E-state index contributed by atoms with van der Waals surface area (Å²) in [4.78, 5) is 16.3. The molecule has 0 aliphatic carbocycles. The molecule has 2 aromatic heterocycles. The van der Waals surface area contributed by atoms with Crippen molar-refractivity contribution in [3.8, 4) is 11.4 Å². The minimum atomic E-state index is -0.357. The van der Waals surface area contributed by atoms with Crippen molar-refractivity contribution in [2.75, 3.05) is 0 Å². The predicted octanol–water partition coefficient (Wildman–Crippen LogP) is 2.01. The van der Waals surface area contributed by atoms with E-state index in [4.69, 9.17) is 6.11 Å². The Morgan fingerprint density at radius 1 is 1.35 bits per heavy atom. The highest BCUT2D eigenvalue weighted by atomic mass is 79.9. The fourth-order valence-electron chi connectivity index (χ4n) is 2.07. The van der Waals surface area contributed by atoms with Crippen LogP contribution in [0.5, 0.6) is 5.75 Å². The monoisotopic (exact) mass is 377 g/mol. The Kier molecular flexibility index (Phi) is 3.89. The Morgan fingerprint density at radius 2 is 2.17 bits per heavy atom. The quantitative estimate of drug-likeness (QED) is 0.650. The van der Waals surface area contributed by atoms with E-state index in [-0.39, 0.29) is 12.3 Å². The third-order valence-electron chi connectivity index (χ3n) is 3.32. The third-order valence-corrected chi connectivity index (χ3v) is 4.00. The van der Waals surface area contributed by atoms with E-state index in [1.807, 2.05) is 6.92 Å². The van der Waals surface area contributed by atoms with Crippen LogP contribution in [0, 0.1) is 6.92 Å². The summed E-state index contributed by atoms with van der Waals surface area (Å²) in [5.41, 5.74) is 1.73. The summed E-state index contributed by atoms with van der Waals surface area (Å²) >= 11 is 3.39. The molecule has 0 N–H and O–H groups in total. The largest absolute Gasteiger partial charge is 0.488 e. The van der Waals surface area contributed by atoms with E-state index in [1.165, 1.54) is 11.7 Å². The van der Waals surface area contributed by atoms with Crippen LogP contribution in [0.3, 0.4) is 0 Å². The number of rotatable bonds is 4. The van der Waals surface area contributed by atoms with Gasteiger partial charge in [-0.15, -0.1) is 0 Å². The number of benzene rings is 1. The van der Waals surface area contributed by atoms with Crippen molar-refractivity contribution in [2.45, 2.75) is 13.5 Å². The molecule has 0 unspecified atom stereocenters. The summed E-state index contributed by atoms with van der Waals surface area (Å²) in [6, 6.07) is 7.24. The van der Waals surface area contributed by atoms with Crippen LogP contribution in [0.1, 0.15) is 12.5 Å². The number of nitrogens with zero attached hydrogens (tertiary/aromatic N) is 5. The van der Waals surface area contributed by atoms with Gasteiger partial charge in [0.15, 0.2) is 0 Å². The zero-order valence-electron chi connectivity index (χ0n) is 13.5. The molecule has 1 aromatic carbocycles. The summed E-state index contributed by atoms with van der Waals surface area (Å²) in [5, 5.41) is 7.58. The lowest BCUT2D eigenvalue weighted by molar-refractivity contribution is 0.302. The number of aryl methyl sites for hydroxylation is 2. The molecule has 8 heteroatoms. The summed E-state index contributed by atoms with van der Waals surface area (Å²) in [6.45, 7) is 2.06. The number of pyridine rings is 1. The van der Waals surface area contributed by atoms with Crippen LogP contribution < -0.4 is 10.4 Å². The number of aromatic nitrogens is 5. The van der Waals surface area contributed by atoms with E-state index >= 15 is 0 Å². The van der Waals surface area contributed by atoms with Crippen molar-refractivity contribution < 1.29 is 6.11 Å². The molecule has 3 aromatic rings. The van der Waals surface area contributed by atoms with Crippen LogP contribution in [0.2, 0.25) is 0 Å². The van der Waals surface area contributed by atoms with Crippen molar-refractivity contribution in [2.24, 2.45) is 7.05 Å². The first-order valence-corrected chi connectivity index (χ1v) is 7.59. The molecule has 0 spiro atoms. The predicted molar refractivity (Wildman–Crippen MR) is 87.6 cm³/mol. The molecule has 0 saturated heterocycles. The molecule has 0 atom stereocenters. The van der Waals surface area contributed by atoms with Gasteiger partial charge < -0.3 is 4.74 Å². The Balaban J connectivity index is 1.96. The van der Waals surface area contributed by atoms with E-state index in [0.29, 0.717) is 27.6 Å². The van der Waals surface area contributed by atoms with Gasteiger partial charge in [0.25, 0.3) is 0 Å². The van der Waals surface area contributed by atoms with E-state index in [9.17, 15) is 4.79 Å². The summed E-state index contributed by atoms with van der Waals surface area (Å²) in [7, 11) is 1.53. The van der Waals surface area contributed by atoms with Gasteiger partial charge >= 0.3 is 5.69 Å². The first-order valence-electron chi connectivity index (χ1n) is 7.30. The molecule has 2 heterocycles. The average molecular weight is 378 g/mol. The van der Waals surface area contributed by atoms with Gasteiger partial charge in [0.2, 0.25) is 0 Å². The number of para-hydroxylation sites is 1. The standard InChI is InChI=1S/C15H14BrN5O2/c1-10-5-3-4-6-13(10)23-9-11-12(7-8-17-14(11)16)21-15(22)20(2)18-19-21/h3-8H,9H2,1-2H3/i3T. The number of tetrazole rings is 1. The smallest absolute Gasteiger partial charge is 0.368 e. The van der Waals surface area contributed by atoms with Crippen molar-refractivity contribution in [3.63, 3.8) is 0 Å². The molecule has 7 nitrogen and oxygen atoms in total. The SMILES string of the molecule is [3H]c1ccc(OCc2c(-n3nnn(C)c3=O)ccnc2Br)c(C)c1. The first-order chi connectivity index (χ1) is 11.5. The van der Waals surface area contributed by atoms with Crippen molar-refractivity contribution in [3.05, 3.63) is 62.7 Å². The minimum Gasteiger partial charge on any atom is -0.488 e. The second-order valence-electron chi connectivity index (χ2n) is 4.88. The maximum absolute atomic E-state index is 12.1. The van der Waals surface area contributed by atoms with Crippen LogP contribution in [-0.2, 0) is 13.7 Å². The maximum Gasteiger partial charge on any atom is 0.368 e. The topological polar surface area (TPSA) is 74.8 Å². The molecule has 0 radical (unpaired) electrons. The Morgan fingerprint density at radius 3 is 2.87 bits per heavy atom. The Labute approximate surface area is 142 Å². The minimum absolute atomic E-state index is 0.185. The molecule has 0 fully saturated rings. The molecule has 0 bridgehead atoms. The van der Waals surface area contributed by atoms with Gasteiger partial charge in [0, 0.05) is 18.8 Å². The lowest BCUT2D eigenvalue weighted by Gasteiger charge is -2.12. The van der Waals surface area contributed by atoms with Crippen LogP contribution >= 0.6 is 15.9 Å². The zero-order chi connectivity index (χ0) is 17.3. The van der Waals surface area contributed by atoms with E-state index < -0.39 is 0 Å². The fraction of sp³-hybridized carbons (Fsp3) is 0.200. The summed E-state index contributed by atoms with van der Waals surface area (Å²) in [5.74, 6) is 0.666. The van der Waals surface area contributed by atoms with Gasteiger partial charge in [-0.25, -0.2) is 9.78 Å². The second-order valence-corrected chi connectivity index (χ2v) is 5.63. The summed E-state index contributed by atoms with van der Waals surface area (Å²) < 4.78 is 16.4. The van der Waals surface area contributed by atoms with E-state index in [2.05, 4.69) is 31.3 Å². The van der Waals surface area contributed by atoms with Crippen LogP contribution in [0.25, 0.3) is 5.69 Å².